The van der Waals surface area contributed by atoms with Gasteiger partial charge >= 0.3 is 5.97 Å². The van der Waals surface area contributed by atoms with Gasteiger partial charge < -0.3 is 4.74 Å². The van der Waals surface area contributed by atoms with E-state index in [4.69, 9.17) is 4.74 Å². The molecule has 1 heterocycles. The summed E-state index contributed by atoms with van der Waals surface area (Å²) in [4.78, 5) is 12.4. The number of methoxy groups -OCH3 is 1. The molecule has 0 saturated heterocycles. The molecule has 0 atom stereocenters. The summed E-state index contributed by atoms with van der Waals surface area (Å²) in [5, 5.41) is 2.00. The minimum Gasteiger partial charge on any atom is -0.465 e. The molecule has 3 heteroatoms. The monoisotopic (exact) mass is 260 g/mol. The molecule has 2 aromatic rings. The van der Waals surface area contributed by atoms with Gasteiger partial charge in [-0.25, -0.2) is 4.79 Å². The van der Waals surface area contributed by atoms with Gasteiger partial charge in [-0.05, 0) is 35.4 Å². The van der Waals surface area contributed by atoms with Gasteiger partial charge in [0.1, 0.15) is 4.88 Å². The lowest BCUT2D eigenvalue weighted by molar-refractivity contribution is 0.0607. The van der Waals surface area contributed by atoms with Gasteiger partial charge in [-0.2, -0.15) is 0 Å². The van der Waals surface area contributed by atoms with Crippen LogP contribution >= 0.6 is 11.3 Å². The van der Waals surface area contributed by atoms with E-state index in [1.165, 1.54) is 24.0 Å². The quantitative estimate of drug-likeness (QED) is 0.777. The van der Waals surface area contributed by atoms with E-state index < -0.39 is 0 Å². The molecule has 0 fully saturated rings. The Bertz CT molecular complexity index is 570. The Morgan fingerprint density at radius 2 is 2.17 bits per heavy atom. The SMILES string of the molecule is CCc1cccc(-c2c(C)csc2C(=O)OC)c1. The minimum atomic E-state index is -0.259. The lowest BCUT2D eigenvalue weighted by Crippen LogP contribution is -2.00. The third kappa shape index (κ3) is 2.31. The van der Waals surface area contributed by atoms with Crippen LogP contribution in [-0.4, -0.2) is 13.1 Å². The average Bonchev–Trinajstić information content (AvgIpc) is 2.79. The molecule has 1 aromatic carbocycles. The average molecular weight is 260 g/mol. The summed E-state index contributed by atoms with van der Waals surface area (Å²) in [6.45, 7) is 4.15. The Morgan fingerprint density at radius 3 is 2.83 bits per heavy atom. The second-order valence-corrected chi connectivity index (χ2v) is 5.05. The molecule has 0 unspecified atom stereocenters. The van der Waals surface area contributed by atoms with E-state index in [1.54, 1.807) is 0 Å². The fraction of sp³-hybridized carbons (Fsp3) is 0.267. The van der Waals surface area contributed by atoms with E-state index in [0.717, 1.165) is 23.1 Å². The normalized spacial score (nSPS) is 10.4. The third-order valence-corrected chi connectivity index (χ3v) is 4.05. The van der Waals surface area contributed by atoms with Crippen LogP contribution in [-0.2, 0) is 11.2 Å². The maximum absolute atomic E-state index is 11.8. The first-order valence-corrected chi connectivity index (χ1v) is 6.81. The number of hydrogen-bond acceptors (Lipinski definition) is 3. The van der Waals surface area contributed by atoms with Crippen molar-refractivity contribution in [3.05, 3.63) is 45.6 Å². The van der Waals surface area contributed by atoms with Crippen molar-refractivity contribution in [1.29, 1.82) is 0 Å². The summed E-state index contributed by atoms with van der Waals surface area (Å²) < 4.78 is 4.84. The first kappa shape index (κ1) is 12.8. The van der Waals surface area contributed by atoms with Crippen LogP contribution in [0.1, 0.15) is 27.7 Å². The van der Waals surface area contributed by atoms with E-state index in [1.807, 2.05) is 24.4 Å². The number of esters is 1. The predicted molar refractivity (Wildman–Crippen MR) is 75.2 cm³/mol. The molecular formula is C15H16O2S. The molecule has 0 spiro atoms. The Morgan fingerprint density at radius 1 is 1.39 bits per heavy atom. The van der Waals surface area contributed by atoms with Gasteiger partial charge in [0, 0.05) is 5.56 Å². The number of ether oxygens (including phenoxy) is 1. The molecule has 0 radical (unpaired) electrons. The number of carbonyl (C=O) groups excluding carboxylic acids is 1. The van der Waals surface area contributed by atoms with Crippen molar-refractivity contribution in [2.24, 2.45) is 0 Å². The van der Waals surface area contributed by atoms with Crippen LogP contribution < -0.4 is 0 Å². The summed E-state index contributed by atoms with van der Waals surface area (Å²) in [7, 11) is 1.42. The fourth-order valence-corrected chi connectivity index (χ4v) is 2.98. The zero-order chi connectivity index (χ0) is 13.1. The van der Waals surface area contributed by atoms with E-state index >= 15 is 0 Å². The largest absolute Gasteiger partial charge is 0.465 e. The summed E-state index contributed by atoms with van der Waals surface area (Å²) in [5.74, 6) is -0.259. The van der Waals surface area contributed by atoms with Gasteiger partial charge in [0.25, 0.3) is 0 Å². The molecule has 0 aliphatic rings. The Kier molecular flexibility index (Phi) is 3.82. The number of rotatable bonds is 3. The van der Waals surface area contributed by atoms with Crippen LogP contribution in [0, 0.1) is 6.92 Å². The van der Waals surface area contributed by atoms with Crippen molar-refractivity contribution in [2.75, 3.05) is 7.11 Å². The van der Waals surface area contributed by atoms with Gasteiger partial charge in [0.05, 0.1) is 7.11 Å². The highest BCUT2D eigenvalue weighted by atomic mass is 32.1. The number of aryl methyl sites for hydroxylation is 2. The maximum atomic E-state index is 11.8. The van der Waals surface area contributed by atoms with Crippen molar-refractivity contribution in [3.8, 4) is 11.1 Å². The molecule has 0 amide bonds. The number of hydrogen-bond donors (Lipinski definition) is 0. The molecule has 0 aliphatic heterocycles. The topological polar surface area (TPSA) is 26.3 Å². The lowest BCUT2D eigenvalue weighted by atomic mass is 9.99. The maximum Gasteiger partial charge on any atom is 0.348 e. The zero-order valence-electron chi connectivity index (χ0n) is 10.8. The molecular weight excluding hydrogens is 244 g/mol. The molecule has 0 bridgehead atoms. The molecule has 94 valence electrons. The van der Waals surface area contributed by atoms with Gasteiger partial charge in [-0.15, -0.1) is 11.3 Å². The van der Waals surface area contributed by atoms with Crippen molar-refractivity contribution < 1.29 is 9.53 Å². The first-order chi connectivity index (χ1) is 8.67. The second-order valence-electron chi connectivity index (χ2n) is 4.17. The van der Waals surface area contributed by atoms with Gasteiger partial charge in [-0.1, -0.05) is 31.2 Å². The Hall–Kier alpha value is -1.61. The second kappa shape index (κ2) is 5.36. The zero-order valence-corrected chi connectivity index (χ0v) is 11.6. The van der Waals surface area contributed by atoms with Gasteiger partial charge in [0.2, 0.25) is 0 Å². The van der Waals surface area contributed by atoms with Crippen LogP contribution in [0.4, 0.5) is 0 Å². The Labute approximate surface area is 111 Å². The molecule has 1 aromatic heterocycles. The predicted octanol–water partition coefficient (Wildman–Crippen LogP) is 4.07. The van der Waals surface area contributed by atoms with E-state index in [0.29, 0.717) is 4.88 Å². The van der Waals surface area contributed by atoms with E-state index in [2.05, 4.69) is 19.1 Å². The smallest absolute Gasteiger partial charge is 0.348 e. The standard InChI is InChI=1S/C15H16O2S/c1-4-11-6-5-7-12(8-11)13-10(2)9-18-14(13)15(16)17-3/h5-9H,4H2,1-3H3. The van der Waals surface area contributed by atoms with E-state index in [-0.39, 0.29) is 5.97 Å². The van der Waals surface area contributed by atoms with Crippen LogP contribution in [0.25, 0.3) is 11.1 Å². The van der Waals surface area contributed by atoms with E-state index in [9.17, 15) is 4.79 Å². The highest BCUT2D eigenvalue weighted by molar-refractivity contribution is 7.12. The number of carbonyl (C=O) groups is 1. The van der Waals surface area contributed by atoms with Crippen molar-refractivity contribution in [1.82, 2.24) is 0 Å². The lowest BCUT2D eigenvalue weighted by Gasteiger charge is -2.06. The van der Waals surface area contributed by atoms with Crippen LogP contribution in [0.5, 0.6) is 0 Å². The summed E-state index contributed by atoms with van der Waals surface area (Å²) in [6.07, 6.45) is 0.991. The van der Waals surface area contributed by atoms with Crippen LogP contribution in [0.3, 0.4) is 0 Å². The highest BCUT2D eigenvalue weighted by Gasteiger charge is 2.17. The Balaban J connectivity index is 2.55. The molecule has 0 N–H and O–H groups in total. The van der Waals surface area contributed by atoms with Crippen LogP contribution in [0.2, 0.25) is 0 Å². The van der Waals surface area contributed by atoms with Crippen molar-refractivity contribution in [2.45, 2.75) is 20.3 Å². The van der Waals surface area contributed by atoms with Gasteiger partial charge in [0.15, 0.2) is 0 Å². The first-order valence-electron chi connectivity index (χ1n) is 5.93. The number of thiophene rings is 1. The van der Waals surface area contributed by atoms with Gasteiger partial charge in [-0.3, -0.25) is 0 Å². The summed E-state index contributed by atoms with van der Waals surface area (Å²) in [6, 6.07) is 8.32. The number of benzene rings is 1. The minimum absolute atomic E-state index is 0.259. The fourth-order valence-electron chi connectivity index (χ4n) is 1.99. The molecule has 0 saturated carbocycles. The molecule has 2 rings (SSSR count). The summed E-state index contributed by atoms with van der Waals surface area (Å²) >= 11 is 1.44. The third-order valence-electron chi connectivity index (χ3n) is 2.97. The highest BCUT2D eigenvalue weighted by Crippen LogP contribution is 2.33. The van der Waals surface area contributed by atoms with Crippen molar-refractivity contribution in [3.63, 3.8) is 0 Å². The van der Waals surface area contributed by atoms with Crippen molar-refractivity contribution >= 4 is 17.3 Å². The summed E-state index contributed by atoms with van der Waals surface area (Å²) in [5.41, 5.74) is 4.48. The molecule has 18 heavy (non-hydrogen) atoms. The molecule has 2 nitrogen and oxygen atoms in total. The molecule has 0 aliphatic carbocycles. The van der Waals surface area contributed by atoms with Crippen LogP contribution in [0.15, 0.2) is 29.6 Å².